The Morgan fingerprint density at radius 3 is 1.34 bits per heavy atom. The minimum Gasteiger partial charge on any atom is -1.00 e. The third-order valence-electron chi connectivity index (χ3n) is 3.39. The van der Waals surface area contributed by atoms with E-state index in [1.807, 2.05) is 6.92 Å². The molecule has 0 unspecified atom stereocenters. The van der Waals surface area contributed by atoms with E-state index in [0.717, 1.165) is 38.9 Å². The molecule has 0 aromatic heterocycles. The standard InChI is InChI=1S/2C10H17OSi.C2H4.2ClH.Zr/c2*1-12(2,3)11-9-8-10-6-4-5-7-10;1-2;;;/h2*6-7H,4,8-9H2,1-3H3;1H,2H3;2*1H;/q2*-1;;;;+2/p-2. The maximum absolute atomic E-state index is 5.74. The molecule has 2 aliphatic carbocycles. The predicted octanol–water partition coefficient (Wildman–Crippen LogP) is 0.198. The third-order valence-corrected chi connectivity index (χ3v) is 5.53. The molecule has 2 aliphatic rings. The van der Waals surface area contributed by atoms with Crippen LogP contribution in [0.3, 0.4) is 0 Å². The van der Waals surface area contributed by atoms with Gasteiger partial charge in [-0.1, -0.05) is 12.8 Å². The second kappa shape index (κ2) is 19.3. The average Bonchev–Trinajstić information content (AvgIpc) is 3.19. The van der Waals surface area contributed by atoms with Crippen LogP contribution in [0.25, 0.3) is 0 Å². The Balaban J connectivity index is -0.000000387. The van der Waals surface area contributed by atoms with Gasteiger partial charge in [0.25, 0.3) is 0 Å². The van der Waals surface area contributed by atoms with Gasteiger partial charge in [0.2, 0.25) is 0 Å². The molecular formula is C22H38Cl2O2Si2Zr-2. The summed E-state index contributed by atoms with van der Waals surface area (Å²) in [6.07, 6.45) is 19.0. The number of rotatable bonds is 8. The molecule has 0 spiro atoms. The van der Waals surface area contributed by atoms with Crippen LogP contribution in [-0.2, 0) is 33.1 Å². The van der Waals surface area contributed by atoms with E-state index in [0.29, 0.717) is 0 Å². The fraction of sp³-hybridized carbons (Fsp3) is 0.591. The normalized spacial score (nSPS) is 14.4. The molecule has 2 rings (SSSR count). The van der Waals surface area contributed by atoms with E-state index < -0.39 is 16.6 Å². The molecular weight excluding hydrogens is 515 g/mol. The van der Waals surface area contributed by atoms with Gasteiger partial charge < -0.3 is 33.7 Å². The smallest absolute Gasteiger partial charge is 0.183 e. The average molecular weight is 553 g/mol. The Bertz CT molecular complexity index is 500. The second-order valence-electron chi connectivity index (χ2n) is 8.37. The van der Waals surface area contributed by atoms with E-state index in [4.69, 9.17) is 8.85 Å². The van der Waals surface area contributed by atoms with Crippen molar-refractivity contribution >= 4 is 20.3 Å². The Morgan fingerprint density at radius 1 is 0.828 bits per heavy atom. The minimum absolute atomic E-state index is 0. The van der Waals surface area contributed by atoms with Gasteiger partial charge in [-0.3, -0.25) is 12.2 Å². The molecule has 0 aromatic rings. The molecule has 0 aromatic carbocycles. The van der Waals surface area contributed by atoms with E-state index in [1.165, 1.54) is 35.4 Å². The van der Waals surface area contributed by atoms with Crippen LogP contribution in [0.5, 0.6) is 0 Å². The Hall–Kier alpha value is 0.647. The van der Waals surface area contributed by atoms with Crippen LogP contribution in [0, 0.1) is 12.2 Å². The molecule has 0 amide bonds. The largest absolute Gasteiger partial charge is 1.00 e. The molecule has 0 N–H and O–H groups in total. The minimum atomic E-state index is -1.29. The zero-order valence-corrected chi connectivity index (χ0v) is 25.2. The van der Waals surface area contributed by atoms with Gasteiger partial charge in [0, 0.05) is 13.2 Å². The van der Waals surface area contributed by atoms with Crippen molar-refractivity contribution in [2.75, 3.05) is 13.2 Å². The van der Waals surface area contributed by atoms with Gasteiger partial charge in [0.15, 0.2) is 16.6 Å². The van der Waals surface area contributed by atoms with Crippen molar-refractivity contribution < 1.29 is 57.9 Å². The molecule has 0 atom stereocenters. The Kier molecular flexibility index (Phi) is 22.9. The van der Waals surface area contributed by atoms with Gasteiger partial charge in [-0.15, -0.1) is 12.8 Å². The Labute approximate surface area is 209 Å². The van der Waals surface area contributed by atoms with Crippen LogP contribution in [0.2, 0.25) is 39.3 Å². The quantitative estimate of drug-likeness (QED) is 0.317. The van der Waals surface area contributed by atoms with Crippen molar-refractivity contribution in [1.29, 1.82) is 0 Å². The van der Waals surface area contributed by atoms with Crippen molar-refractivity contribution in [2.24, 2.45) is 0 Å². The maximum atomic E-state index is 5.74. The van der Waals surface area contributed by atoms with Gasteiger partial charge >= 0.3 is 34.9 Å². The van der Waals surface area contributed by atoms with Crippen LogP contribution in [-0.4, -0.2) is 33.6 Å². The first-order valence-electron chi connectivity index (χ1n) is 9.81. The van der Waals surface area contributed by atoms with E-state index in [1.54, 1.807) is 0 Å². The number of hydrogen-bond acceptors (Lipinski definition) is 2. The van der Waals surface area contributed by atoms with E-state index in [9.17, 15) is 0 Å². The molecule has 29 heavy (non-hydrogen) atoms. The summed E-state index contributed by atoms with van der Waals surface area (Å²) in [6.45, 7) is 17.1. The molecule has 0 fully saturated rings. The first kappa shape index (κ1) is 34.3. The third kappa shape index (κ3) is 24.8. The summed E-state index contributed by atoms with van der Waals surface area (Å²) in [5.41, 5.74) is 2.77. The zero-order chi connectivity index (χ0) is 20.8. The van der Waals surface area contributed by atoms with Crippen LogP contribution in [0.15, 0.2) is 35.5 Å². The van der Waals surface area contributed by atoms with E-state index in [2.05, 4.69) is 79.4 Å². The van der Waals surface area contributed by atoms with Gasteiger partial charge in [0.1, 0.15) is 0 Å². The molecule has 166 valence electrons. The topological polar surface area (TPSA) is 18.5 Å². The molecule has 0 aliphatic heterocycles. The molecule has 7 heteroatoms. The van der Waals surface area contributed by atoms with E-state index in [-0.39, 0.29) is 24.8 Å². The number of hydrogen-bond donors (Lipinski definition) is 0. The van der Waals surface area contributed by atoms with Gasteiger partial charge in [-0.2, -0.15) is 23.3 Å². The Morgan fingerprint density at radius 2 is 1.14 bits per heavy atom. The van der Waals surface area contributed by atoms with Gasteiger partial charge in [0.05, 0.1) is 0 Å². The van der Waals surface area contributed by atoms with Crippen LogP contribution < -0.4 is 24.8 Å². The van der Waals surface area contributed by atoms with E-state index >= 15 is 0 Å². The molecule has 0 saturated heterocycles. The molecule has 2 nitrogen and oxygen atoms in total. The zero-order valence-electron chi connectivity index (χ0n) is 19.2. The predicted molar refractivity (Wildman–Crippen MR) is 121 cm³/mol. The summed E-state index contributed by atoms with van der Waals surface area (Å²) in [5, 5.41) is 0. The summed E-state index contributed by atoms with van der Waals surface area (Å²) in [7, 11) is -2.58. The fourth-order valence-corrected chi connectivity index (χ4v) is 3.61. The molecule has 0 radical (unpaired) electrons. The van der Waals surface area contributed by atoms with Gasteiger partial charge in [-0.05, 0) is 39.3 Å². The molecule has 0 bridgehead atoms. The summed E-state index contributed by atoms with van der Waals surface area (Å²) in [6, 6.07) is 0. The second-order valence-corrected chi connectivity index (χ2v) is 18.8. The van der Waals surface area contributed by atoms with Crippen molar-refractivity contribution in [3.63, 3.8) is 0 Å². The van der Waals surface area contributed by atoms with Crippen LogP contribution >= 0.6 is 0 Å². The van der Waals surface area contributed by atoms with Crippen molar-refractivity contribution in [3.8, 4) is 0 Å². The van der Waals surface area contributed by atoms with Crippen molar-refractivity contribution in [2.45, 2.75) is 71.9 Å². The van der Waals surface area contributed by atoms with Crippen LogP contribution in [0.4, 0.5) is 0 Å². The SMILES string of the molecule is C[CH]=[Zr+2].C[Si](C)(C)OCCC1=CC[C-]=C1.C[Si](C)(C)OCCC1=CC[C-]=C1.[Cl-].[Cl-]. The monoisotopic (exact) mass is 550 g/mol. The van der Waals surface area contributed by atoms with Crippen molar-refractivity contribution in [1.82, 2.24) is 0 Å². The van der Waals surface area contributed by atoms with Crippen molar-refractivity contribution in [3.05, 3.63) is 47.6 Å². The molecule has 0 heterocycles. The van der Waals surface area contributed by atoms with Crippen LogP contribution in [0.1, 0.15) is 32.6 Å². The first-order valence-corrected chi connectivity index (χ1v) is 18.1. The van der Waals surface area contributed by atoms with Gasteiger partial charge in [-0.25, -0.2) is 12.2 Å². The fourth-order valence-electron chi connectivity index (χ4n) is 2.18. The number of halogens is 2. The molecule has 0 saturated carbocycles. The number of allylic oxidation sites excluding steroid dienone is 6. The first-order chi connectivity index (χ1) is 12.6. The maximum Gasteiger partial charge on any atom is 0.183 e. The summed E-state index contributed by atoms with van der Waals surface area (Å²) < 4.78 is 13.6. The summed E-state index contributed by atoms with van der Waals surface area (Å²) in [5.74, 6) is 0. The summed E-state index contributed by atoms with van der Waals surface area (Å²) >= 11 is 1.51. The summed E-state index contributed by atoms with van der Waals surface area (Å²) in [4.78, 5) is 0.